The van der Waals surface area contributed by atoms with E-state index in [9.17, 15) is 4.79 Å². The van der Waals surface area contributed by atoms with E-state index < -0.39 is 0 Å². The average Bonchev–Trinajstić information content (AvgIpc) is 2.79. The minimum Gasteiger partial charge on any atom is -0.493 e. The number of benzene rings is 1. The van der Waals surface area contributed by atoms with E-state index in [2.05, 4.69) is 36.8 Å². The summed E-state index contributed by atoms with van der Waals surface area (Å²) in [5.41, 5.74) is 4.78. The van der Waals surface area contributed by atoms with Crippen LogP contribution in [0.5, 0.6) is 11.5 Å². The molecule has 3 heterocycles. The van der Waals surface area contributed by atoms with E-state index in [0.29, 0.717) is 17.5 Å². The van der Waals surface area contributed by atoms with Gasteiger partial charge in [0, 0.05) is 38.0 Å². The molecular weight excluding hydrogens is 402 g/mol. The SMILES string of the molecule is COc1ccc(C2=CC(=O)N3C=C(N4CCN(C)[C@H](C)C4)C=C(C)/C3=C\C=C2)cc1OC. The fraction of sp³-hybridized carbons (Fsp3) is 0.346. The number of rotatable bonds is 4. The van der Waals surface area contributed by atoms with Crippen LogP contribution in [0.3, 0.4) is 0 Å². The minimum absolute atomic E-state index is 0.0717. The highest BCUT2D eigenvalue weighted by Crippen LogP contribution is 2.33. The molecule has 1 fully saturated rings. The second kappa shape index (κ2) is 9.09. The highest BCUT2D eigenvalue weighted by molar-refractivity contribution is 6.00. The molecule has 1 aromatic rings. The smallest absolute Gasteiger partial charge is 0.255 e. The van der Waals surface area contributed by atoms with E-state index in [-0.39, 0.29) is 5.91 Å². The lowest BCUT2D eigenvalue weighted by Crippen LogP contribution is -2.49. The fourth-order valence-corrected chi connectivity index (χ4v) is 4.26. The van der Waals surface area contributed by atoms with E-state index >= 15 is 0 Å². The normalized spacial score (nSPS) is 23.3. The number of amides is 1. The van der Waals surface area contributed by atoms with Gasteiger partial charge in [-0.25, -0.2) is 0 Å². The van der Waals surface area contributed by atoms with Crippen LogP contribution in [0.1, 0.15) is 19.4 Å². The molecule has 1 atom stereocenters. The van der Waals surface area contributed by atoms with Gasteiger partial charge in [0.2, 0.25) is 0 Å². The van der Waals surface area contributed by atoms with Crippen molar-refractivity contribution in [2.75, 3.05) is 40.9 Å². The zero-order valence-corrected chi connectivity index (χ0v) is 19.5. The zero-order chi connectivity index (χ0) is 22.8. The number of nitrogens with zero attached hydrogens (tertiary/aromatic N) is 3. The molecule has 3 aliphatic heterocycles. The lowest BCUT2D eigenvalue weighted by molar-refractivity contribution is -0.122. The summed E-state index contributed by atoms with van der Waals surface area (Å²) in [6.07, 6.45) is 11.8. The van der Waals surface area contributed by atoms with Crippen LogP contribution < -0.4 is 9.47 Å². The van der Waals surface area contributed by atoms with Crippen molar-refractivity contribution in [2.24, 2.45) is 0 Å². The molecule has 1 aromatic carbocycles. The molecule has 3 aliphatic rings. The van der Waals surface area contributed by atoms with Crippen molar-refractivity contribution < 1.29 is 14.3 Å². The molecule has 1 saturated heterocycles. The van der Waals surface area contributed by atoms with Crippen LogP contribution in [0.15, 0.2) is 71.7 Å². The number of ether oxygens (including phenoxy) is 2. The Kier molecular flexibility index (Phi) is 6.24. The Bertz CT molecular complexity index is 1060. The first-order chi connectivity index (χ1) is 15.4. The monoisotopic (exact) mass is 433 g/mol. The van der Waals surface area contributed by atoms with Crippen molar-refractivity contribution in [3.05, 3.63) is 77.3 Å². The predicted molar refractivity (Wildman–Crippen MR) is 127 cm³/mol. The quantitative estimate of drug-likeness (QED) is 0.723. The summed E-state index contributed by atoms with van der Waals surface area (Å²) in [4.78, 5) is 19.9. The van der Waals surface area contributed by atoms with E-state index in [0.717, 1.165) is 47.7 Å². The lowest BCUT2D eigenvalue weighted by Gasteiger charge is -2.41. The molecular formula is C26H31N3O3. The van der Waals surface area contributed by atoms with Gasteiger partial charge in [-0.3, -0.25) is 9.69 Å². The van der Waals surface area contributed by atoms with Crippen LogP contribution in [-0.4, -0.2) is 67.6 Å². The molecule has 0 spiro atoms. The second-order valence-electron chi connectivity index (χ2n) is 8.45. The molecule has 6 nitrogen and oxygen atoms in total. The Morgan fingerprint density at radius 3 is 2.56 bits per heavy atom. The van der Waals surface area contributed by atoms with Gasteiger partial charge in [0.05, 0.1) is 25.6 Å². The molecule has 32 heavy (non-hydrogen) atoms. The average molecular weight is 434 g/mol. The van der Waals surface area contributed by atoms with Gasteiger partial charge in [-0.05, 0) is 61.9 Å². The van der Waals surface area contributed by atoms with E-state index in [1.807, 2.05) is 42.6 Å². The van der Waals surface area contributed by atoms with Crippen LogP contribution in [0.25, 0.3) is 5.57 Å². The molecule has 6 heteroatoms. The maximum absolute atomic E-state index is 13.4. The number of carbonyl (C=O) groups is 1. The van der Waals surface area contributed by atoms with Gasteiger partial charge in [0.15, 0.2) is 11.5 Å². The first-order valence-corrected chi connectivity index (χ1v) is 10.9. The zero-order valence-electron chi connectivity index (χ0n) is 19.5. The fourth-order valence-electron chi connectivity index (χ4n) is 4.26. The van der Waals surface area contributed by atoms with Crippen molar-refractivity contribution in [3.63, 3.8) is 0 Å². The Labute approximate surface area is 190 Å². The van der Waals surface area contributed by atoms with Crippen LogP contribution in [0, 0.1) is 0 Å². The van der Waals surface area contributed by atoms with Gasteiger partial charge in [0.1, 0.15) is 0 Å². The highest BCUT2D eigenvalue weighted by Gasteiger charge is 2.27. The number of hydrogen-bond donors (Lipinski definition) is 0. The summed E-state index contributed by atoms with van der Waals surface area (Å²) in [7, 11) is 5.38. The maximum atomic E-state index is 13.4. The predicted octanol–water partition coefficient (Wildman–Crippen LogP) is 3.81. The number of carbonyl (C=O) groups excluding carboxylic acids is 1. The van der Waals surface area contributed by atoms with Crippen molar-refractivity contribution in [2.45, 2.75) is 19.9 Å². The molecule has 0 aliphatic carbocycles. The first-order valence-electron chi connectivity index (χ1n) is 10.9. The van der Waals surface area contributed by atoms with E-state index in [1.54, 1.807) is 25.2 Å². The topological polar surface area (TPSA) is 45.2 Å². The van der Waals surface area contributed by atoms with Crippen molar-refractivity contribution >= 4 is 11.5 Å². The summed E-state index contributed by atoms with van der Waals surface area (Å²) >= 11 is 0. The van der Waals surface area contributed by atoms with Crippen molar-refractivity contribution in [1.82, 2.24) is 14.7 Å². The molecule has 1 amide bonds. The highest BCUT2D eigenvalue weighted by atomic mass is 16.5. The van der Waals surface area contributed by atoms with E-state index in [1.165, 1.54) is 0 Å². The Balaban J connectivity index is 1.67. The van der Waals surface area contributed by atoms with Gasteiger partial charge >= 0.3 is 0 Å². The molecule has 4 rings (SSSR count). The molecule has 0 unspecified atom stereocenters. The van der Waals surface area contributed by atoms with Crippen LogP contribution >= 0.6 is 0 Å². The Morgan fingerprint density at radius 1 is 1.06 bits per heavy atom. The summed E-state index contributed by atoms with van der Waals surface area (Å²) in [6, 6.07) is 6.15. The van der Waals surface area contributed by atoms with Crippen LogP contribution in [-0.2, 0) is 4.79 Å². The number of likely N-dealkylation sites (N-methyl/N-ethyl adjacent to an activating group) is 1. The summed E-state index contributed by atoms with van der Waals surface area (Å²) in [6.45, 7) is 7.20. The van der Waals surface area contributed by atoms with Gasteiger partial charge < -0.3 is 19.3 Å². The number of fused-ring (bicyclic) bond motifs is 1. The second-order valence-corrected chi connectivity index (χ2v) is 8.45. The van der Waals surface area contributed by atoms with Crippen molar-refractivity contribution in [1.29, 1.82) is 0 Å². The third-order valence-electron chi connectivity index (χ3n) is 6.38. The number of allylic oxidation sites excluding steroid dienone is 6. The van der Waals surface area contributed by atoms with Gasteiger partial charge in [0.25, 0.3) is 5.91 Å². The first kappa shape index (κ1) is 22.0. The molecule has 0 bridgehead atoms. The molecule has 0 N–H and O–H groups in total. The molecule has 0 radical (unpaired) electrons. The van der Waals surface area contributed by atoms with E-state index in [4.69, 9.17) is 9.47 Å². The lowest BCUT2D eigenvalue weighted by atomic mass is 10.0. The molecule has 168 valence electrons. The van der Waals surface area contributed by atoms with Gasteiger partial charge in [-0.2, -0.15) is 0 Å². The van der Waals surface area contributed by atoms with Crippen LogP contribution in [0.2, 0.25) is 0 Å². The van der Waals surface area contributed by atoms with Gasteiger partial charge in [-0.1, -0.05) is 18.2 Å². The Morgan fingerprint density at radius 2 is 1.84 bits per heavy atom. The third-order valence-corrected chi connectivity index (χ3v) is 6.38. The molecule has 0 saturated carbocycles. The number of methoxy groups -OCH3 is 2. The largest absolute Gasteiger partial charge is 0.493 e. The van der Waals surface area contributed by atoms with Crippen LogP contribution in [0.4, 0.5) is 0 Å². The summed E-state index contributed by atoms with van der Waals surface area (Å²) in [5, 5.41) is 0. The molecule has 0 aromatic heterocycles. The third kappa shape index (κ3) is 4.23. The van der Waals surface area contributed by atoms with Gasteiger partial charge in [-0.15, -0.1) is 0 Å². The Hall–Kier alpha value is -3.25. The maximum Gasteiger partial charge on any atom is 0.255 e. The summed E-state index contributed by atoms with van der Waals surface area (Å²) < 4.78 is 10.8. The minimum atomic E-state index is -0.0717. The standard InChI is InChI=1S/C26H31N3O3/c1-18-13-22(28-12-11-27(3)19(2)16-28)17-29-23(18)8-6-7-20(15-26(29)30)21-9-10-24(31-4)25(14-21)32-5/h6-10,13-15,17,19H,11-12,16H2,1-5H3/b7-6?,20-15?,23-8+/t19-/m1/s1. The summed E-state index contributed by atoms with van der Waals surface area (Å²) in [5.74, 6) is 1.22. The number of hydrogen-bond acceptors (Lipinski definition) is 5. The number of piperazine rings is 1. The van der Waals surface area contributed by atoms with Crippen molar-refractivity contribution in [3.8, 4) is 11.5 Å².